The molecule has 7 rings (SSSR count). The van der Waals surface area contributed by atoms with Crippen LogP contribution in [0.25, 0.3) is 0 Å². The van der Waals surface area contributed by atoms with Crippen LogP contribution in [0.2, 0.25) is 0 Å². The Morgan fingerprint density at radius 1 is 0.230 bits per heavy atom. The molecule has 0 saturated carbocycles. The number of carbonyl (C=O) groups is 20. The topological polar surface area (TPSA) is 504 Å². The molecule has 0 radical (unpaired) electrons. The molecule has 0 unspecified atom stereocenters. The van der Waals surface area contributed by atoms with Gasteiger partial charge in [-0.05, 0) is 188 Å². The van der Waals surface area contributed by atoms with Gasteiger partial charge in [-0.2, -0.15) is 0 Å². The fourth-order valence-electron chi connectivity index (χ4n) is 10.8. The molecule has 7 aromatic rings. The third-order valence-electron chi connectivity index (χ3n) is 18.1. The van der Waals surface area contributed by atoms with Gasteiger partial charge in [0.2, 0.25) is 35.4 Å². The third kappa shape index (κ3) is 58.0. The highest BCUT2D eigenvalue weighted by Gasteiger charge is 2.17. The minimum absolute atomic E-state index is 0.0136. The van der Waals surface area contributed by atoms with E-state index in [0.29, 0.717) is 47.3 Å². The van der Waals surface area contributed by atoms with Crippen LogP contribution < -0.4 is 63.8 Å². The van der Waals surface area contributed by atoms with Gasteiger partial charge in [-0.3, -0.25) is 91.1 Å². The minimum Gasteiger partial charge on any atom is -0.450 e. The maximum Gasteiger partial charge on any atom is 0.407 e. The Morgan fingerprint density at radius 2 is 0.489 bits per heavy atom. The number of Topliss-reactive ketones (excluding diaryl/α,β-unsaturated/α-hetero) is 8. The van der Waals surface area contributed by atoms with Crippen LogP contribution in [0.15, 0.2) is 170 Å². The summed E-state index contributed by atoms with van der Waals surface area (Å²) in [4.78, 5) is 224. The molecule has 0 fully saturated rings. The van der Waals surface area contributed by atoms with E-state index in [1.165, 1.54) is 52.7 Å². The van der Waals surface area contributed by atoms with Gasteiger partial charge in [-0.15, -0.1) is 0 Å². The first-order chi connectivity index (χ1) is 64.2. The van der Waals surface area contributed by atoms with E-state index in [0.717, 1.165) is 77.5 Å². The first kappa shape index (κ1) is 120. The Hall–Kier alpha value is -14.7. The van der Waals surface area contributed by atoms with Gasteiger partial charge in [-0.1, -0.05) is 183 Å². The second-order valence-corrected chi connectivity index (χ2v) is 29.7. The van der Waals surface area contributed by atoms with E-state index >= 15 is 0 Å². The van der Waals surface area contributed by atoms with Gasteiger partial charge >= 0.3 is 6.09 Å². The van der Waals surface area contributed by atoms with Gasteiger partial charge in [0, 0.05) is 52.0 Å². The van der Waals surface area contributed by atoms with E-state index in [9.17, 15) is 95.9 Å². The number of hydrogen-bond donors (Lipinski definition) is 12. The van der Waals surface area contributed by atoms with Crippen LogP contribution >= 0.6 is 0 Å². The van der Waals surface area contributed by atoms with E-state index in [-0.39, 0.29) is 185 Å². The molecule has 0 aliphatic heterocycles. The van der Waals surface area contributed by atoms with Crippen molar-refractivity contribution in [1.82, 2.24) is 63.8 Å². The summed E-state index contributed by atoms with van der Waals surface area (Å²) in [6, 6.07) is 51.9. The molecular formula is C101H134N12O22. The van der Waals surface area contributed by atoms with Gasteiger partial charge in [0.25, 0.3) is 29.5 Å². The van der Waals surface area contributed by atoms with E-state index in [1.54, 1.807) is 68.4 Å². The zero-order chi connectivity index (χ0) is 102. The van der Waals surface area contributed by atoms with Crippen molar-refractivity contribution in [2.45, 2.75) is 162 Å². The second kappa shape index (κ2) is 72.0. The molecule has 12 N–H and O–H groups in total. The Kier molecular flexibility index (Phi) is 64.1. The number of ketones is 8. The number of hydrogen-bond acceptors (Lipinski definition) is 22. The predicted octanol–water partition coefficient (Wildman–Crippen LogP) is 8.17. The van der Waals surface area contributed by atoms with Crippen LogP contribution in [0, 0.1) is 0 Å². The number of ether oxygens (including phenoxy) is 2. The molecule has 0 aromatic heterocycles. The molecule has 0 saturated heterocycles. The number of rotatable bonds is 43. The molecule has 0 heterocycles. The maximum absolute atomic E-state index is 12.0. The number of aryl methyl sites for hydroxylation is 7. The SMILES string of the molecule is CCCOC(=O)NCC(=O)NCCNC(=O)COCC(C)=O.CCc1ccc(C(=O)NCC(=O)NCC(C)=O)cc1.CCc1ccc(C(=O)NCC(C)=O)cc1.CCc1ccc(C(C)=O)cc1.CCc1ccccc1C(=O)NCC(=O)NCC(=O)NCC(C)=O.CCc1ccccc1C(=O)NCC(=O)NCC(C)=O.CCc1ccccc1C(=O)NCC(C)=O.CCc1ccccc1C(C)=O. The highest BCUT2D eigenvalue weighted by atomic mass is 16.5. The number of carbonyl (C=O) groups excluding carboxylic acids is 20. The lowest BCUT2D eigenvalue weighted by atomic mass is 10.0. The molecule has 0 aliphatic rings. The molecule has 34 nitrogen and oxygen atoms in total. The van der Waals surface area contributed by atoms with Crippen molar-refractivity contribution >= 4 is 117 Å². The van der Waals surface area contributed by atoms with Gasteiger partial charge in [0.1, 0.15) is 42.1 Å². The summed E-state index contributed by atoms with van der Waals surface area (Å²) < 4.78 is 9.55. The van der Waals surface area contributed by atoms with Crippen LogP contribution in [0.5, 0.6) is 0 Å². The Balaban J connectivity index is 0.00000154. The number of nitrogens with one attached hydrogen (secondary N) is 12. The summed E-state index contributed by atoms with van der Waals surface area (Å²) in [5, 5.41) is 29.5. The second-order valence-electron chi connectivity index (χ2n) is 29.7. The van der Waals surface area contributed by atoms with Crippen molar-refractivity contribution in [1.29, 1.82) is 0 Å². The van der Waals surface area contributed by atoms with Crippen LogP contribution in [0.4, 0.5) is 4.79 Å². The lowest BCUT2D eigenvalue weighted by molar-refractivity contribution is -0.129. The van der Waals surface area contributed by atoms with Crippen molar-refractivity contribution in [2.75, 3.05) is 98.4 Å². The first-order valence-electron chi connectivity index (χ1n) is 44.3. The summed E-state index contributed by atoms with van der Waals surface area (Å²) in [5.41, 5.74) is 12.1. The third-order valence-corrected chi connectivity index (χ3v) is 18.1. The standard InChI is InChI=1S/C16H21N3O4.2C14H18N2O3.C13H23N3O6.2C12H15NO2.2C10H12O/c1-3-12-6-4-5-7-13(12)16(23)19-10-15(22)18-9-14(21)17-8-11(2)20;1-3-11-4-6-12(7-5-11)14(19)16-9-13(18)15-8-10(2)17;1-3-11-6-4-5-7-12(11)14(19)16-9-13(18)15-8-10(2)17;1-3-6-22-13(20)16-7-11(18)14-4-5-15-12(19)9-21-8-10(2)17;1-3-10-4-6-11(7-5-10)12(15)13-8-9(2)14;1-3-10-6-4-5-7-11(10)12(15)13-8-9(2)14;1-3-9-4-6-10(7-5-9)8(2)11;1-3-9-6-4-5-7-10(9)8(2)11/h4-7H,3,8-10H2,1-2H3,(H,17,21)(H,18,22)(H,19,23);2*4-7H,3,8-9H2,1-2H3,(H,15,18)(H,16,19);3-9H2,1-2H3,(H,14,18)(H,15,19)(H,16,20);2*4-7H,3,8H2,1-2H3,(H,13,15);2*4-7H,3H2,1-2H3. The van der Waals surface area contributed by atoms with Crippen LogP contribution in [0.1, 0.15) is 229 Å². The fraction of sp³-hybridized carbons (Fsp3) is 0.386. The summed E-state index contributed by atoms with van der Waals surface area (Å²) in [7, 11) is 0. The summed E-state index contributed by atoms with van der Waals surface area (Å²) >= 11 is 0. The lowest BCUT2D eigenvalue weighted by Crippen LogP contribution is -2.42. The van der Waals surface area contributed by atoms with Crippen molar-refractivity contribution in [3.63, 3.8) is 0 Å². The van der Waals surface area contributed by atoms with E-state index < -0.39 is 23.8 Å². The number of amides is 12. The predicted molar refractivity (Wildman–Crippen MR) is 515 cm³/mol. The molecule has 0 bridgehead atoms. The molecular weight excluding hydrogens is 1730 g/mol. The smallest absolute Gasteiger partial charge is 0.407 e. The average molecular weight is 1870 g/mol. The monoisotopic (exact) mass is 1870 g/mol. The fourth-order valence-corrected chi connectivity index (χ4v) is 10.8. The van der Waals surface area contributed by atoms with Crippen LogP contribution in [-0.4, -0.2) is 216 Å². The van der Waals surface area contributed by atoms with Gasteiger partial charge < -0.3 is 73.3 Å². The molecule has 12 amide bonds. The number of benzene rings is 7. The summed E-state index contributed by atoms with van der Waals surface area (Å²) in [6.07, 6.45) is 6.15. The van der Waals surface area contributed by atoms with E-state index in [1.807, 2.05) is 150 Å². The lowest BCUT2D eigenvalue weighted by Gasteiger charge is -2.09. The number of alkyl carbamates (subject to hydrolysis) is 1. The summed E-state index contributed by atoms with van der Waals surface area (Å²) in [5.74, 6) is -4.17. The minimum atomic E-state index is -0.645. The average Bonchev–Trinajstić information content (AvgIpc) is 0.875. The molecule has 135 heavy (non-hydrogen) atoms. The zero-order valence-electron chi connectivity index (χ0n) is 80.4. The maximum atomic E-state index is 12.0. The van der Waals surface area contributed by atoms with Crippen molar-refractivity contribution in [3.8, 4) is 0 Å². The van der Waals surface area contributed by atoms with Crippen molar-refractivity contribution in [2.24, 2.45) is 0 Å². The highest BCUT2D eigenvalue weighted by molar-refractivity contribution is 6.02. The molecule has 7 aromatic carbocycles. The van der Waals surface area contributed by atoms with Crippen molar-refractivity contribution < 1.29 is 105 Å². The Bertz CT molecular complexity index is 5010. The molecule has 0 atom stereocenters. The van der Waals surface area contributed by atoms with Crippen LogP contribution in [-0.2, 0) is 112 Å². The quantitative estimate of drug-likeness (QED) is 0.0127. The molecule has 0 spiro atoms. The molecule has 34 heteroatoms. The molecule has 730 valence electrons. The molecule has 0 aliphatic carbocycles. The van der Waals surface area contributed by atoms with Gasteiger partial charge in [0.05, 0.1) is 72.1 Å². The van der Waals surface area contributed by atoms with Crippen LogP contribution in [0.3, 0.4) is 0 Å². The van der Waals surface area contributed by atoms with Crippen molar-refractivity contribution in [3.05, 3.63) is 248 Å². The normalized spacial score (nSPS) is 9.75. The Morgan fingerprint density at radius 3 is 0.785 bits per heavy atom. The summed E-state index contributed by atoms with van der Waals surface area (Å²) in [6.45, 7) is 27.1. The largest absolute Gasteiger partial charge is 0.450 e. The highest BCUT2D eigenvalue weighted by Crippen LogP contribution is 2.14. The van der Waals surface area contributed by atoms with E-state index in [4.69, 9.17) is 9.47 Å². The van der Waals surface area contributed by atoms with Gasteiger partial charge in [0.15, 0.2) is 17.3 Å². The Labute approximate surface area is 790 Å². The first-order valence-corrected chi connectivity index (χ1v) is 44.3. The van der Waals surface area contributed by atoms with E-state index in [2.05, 4.69) is 84.6 Å². The van der Waals surface area contributed by atoms with Gasteiger partial charge in [-0.25, -0.2) is 4.79 Å². The zero-order valence-corrected chi connectivity index (χ0v) is 80.4.